The molecule has 0 spiro atoms. The Hall–Kier alpha value is -5.31. The minimum Gasteiger partial charge on any atom is -0.497 e. The molecule has 1 heterocycles. The fourth-order valence-corrected chi connectivity index (χ4v) is 3.68. The van der Waals surface area contributed by atoms with Gasteiger partial charge in [0.25, 0.3) is 0 Å². The number of carbonyl (C=O) groups is 2. The maximum Gasteiger partial charge on any atom is 0.338 e. The molecule has 41 heavy (non-hydrogen) atoms. The first-order valence-corrected chi connectivity index (χ1v) is 12.8. The summed E-state index contributed by atoms with van der Waals surface area (Å²) in [5, 5.41) is 3.23. The number of nitrogens with zero attached hydrogens (tertiary/aromatic N) is 3. The third kappa shape index (κ3) is 8.34. The van der Waals surface area contributed by atoms with Gasteiger partial charge in [-0.3, -0.25) is 0 Å². The van der Waals surface area contributed by atoms with Crippen LogP contribution in [0.25, 0.3) is 0 Å². The van der Waals surface area contributed by atoms with Crippen molar-refractivity contribution in [2.45, 2.75) is 26.7 Å². The summed E-state index contributed by atoms with van der Waals surface area (Å²) in [6.45, 7) is 10.4. The molecule has 1 aromatic heterocycles. The first-order valence-electron chi connectivity index (χ1n) is 12.8. The van der Waals surface area contributed by atoms with E-state index in [1.54, 1.807) is 57.4 Å². The van der Waals surface area contributed by atoms with E-state index in [1.165, 1.54) is 0 Å². The van der Waals surface area contributed by atoms with Crippen LogP contribution in [0.4, 0.5) is 11.6 Å². The second-order valence-electron chi connectivity index (χ2n) is 9.33. The summed E-state index contributed by atoms with van der Waals surface area (Å²) in [7, 11) is 1.61. The number of rotatable bonds is 11. The van der Waals surface area contributed by atoms with E-state index in [0.29, 0.717) is 53.1 Å². The molecule has 9 nitrogen and oxygen atoms in total. The summed E-state index contributed by atoms with van der Waals surface area (Å²) in [4.78, 5) is 37.9. The minimum absolute atomic E-state index is 0.310. The summed E-state index contributed by atoms with van der Waals surface area (Å²) in [5.74, 6) is 1.94. The van der Waals surface area contributed by atoms with Crippen LogP contribution < -0.4 is 19.5 Å². The lowest BCUT2D eigenvalue weighted by atomic mass is 10.1. The summed E-state index contributed by atoms with van der Waals surface area (Å²) in [5.41, 5.74) is 3.09. The van der Waals surface area contributed by atoms with E-state index in [9.17, 15) is 9.59 Å². The van der Waals surface area contributed by atoms with E-state index >= 15 is 0 Å². The average molecular weight is 551 g/mol. The number of aromatic nitrogens is 3. The van der Waals surface area contributed by atoms with Gasteiger partial charge in [0.05, 0.1) is 7.11 Å². The van der Waals surface area contributed by atoms with Gasteiger partial charge in [0, 0.05) is 29.7 Å². The minimum atomic E-state index is -0.494. The predicted molar refractivity (Wildman–Crippen MR) is 155 cm³/mol. The first kappa shape index (κ1) is 28.7. The highest BCUT2D eigenvalue weighted by molar-refractivity contribution is 5.89. The van der Waals surface area contributed by atoms with Gasteiger partial charge in [0.15, 0.2) is 0 Å². The van der Waals surface area contributed by atoms with Crippen LogP contribution in [-0.2, 0) is 22.4 Å². The van der Waals surface area contributed by atoms with E-state index < -0.39 is 11.9 Å². The van der Waals surface area contributed by atoms with Gasteiger partial charge in [0.1, 0.15) is 28.9 Å². The van der Waals surface area contributed by atoms with Crippen LogP contribution in [-0.4, -0.2) is 34.0 Å². The highest BCUT2D eigenvalue weighted by atomic mass is 16.5. The quantitative estimate of drug-likeness (QED) is 0.141. The molecular weight excluding hydrogens is 520 g/mol. The van der Waals surface area contributed by atoms with Gasteiger partial charge in [0.2, 0.25) is 5.95 Å². The van der Waals surface area contributed by atoms with E-state index in [-0.39, 0.29) is 0 Å². The Bertz CT molecular complexity index is 1510. The summed E-state index contributed by atoms with van der Waals surface area (Å²) in [6.07, 6.45) is 0.725. The van der Waals surface area contributed by atoms with Crippen LogP contribution in [0, 0.1) is 0 Å². The molecular formula is C32H30N4O5. The Morgan fingerprint density at radius 3 is 1.63 bits per heavy atom. The Kier molecular flexibility index (Phi) is 9.21. The third-order valence-corrected chi connectivity index (χ3v) is 5.71. The lowest BCUT2D eigenvalue weighted by Crippen LogP contribution is -2.10. The Labute approximate surface area is 238 Å². The number of hydrogen-bond donors (Lipinski definition) is 1. The molecule has 0 aliphatic rings. The van der Waals surface area contributed by atoms with Crippen molar-refractivity contribution in [1.82, 2.24) is 15.0 Å². The lowest BCUT2D eigenvalue weighted by molar-refractivity contribution is -0.130. The molecule has 0 saturated heterocycles. The topological polar surface area (TPSA) is 113 Å². The number of esters is 2. The number of nitrogens with one attached hydrogen (secondary N) is 1. The maximum atomic E-state index is 12.0. The van der Waals surface area contributed by atoms with Gasteiger partial charge in [-0.05, 0) is 73.5 Å². The van der Waals surface area contributed by atoms with Gasteiger partial charge >= 0.3 is 11.9 Å². The zero-order valence-electron chi connectivity index (χ0n) is 23.1. The number of benzene rings is 3. The molecule has 0 radical (unpaired) electrons. The highest BCUT2D eigenvalue weighted by Gasteiger charge is 2.12. The van der Waals surface area contributed by atoms with Gasteiger partial charge < -0.3 is 19.5 Å². The van der Waals surface area contributed by atoms with Crippen molar-refractivity contribution in [3.63, 3.8) is 0 Å². The average Bonchev–Trinajstić information content (AvgIpc) is 2.93. The molecule has 0 amide bonds. The molecule has 1 N–H and O–H groups in total. The molecule has 208 valence electrons. The van der Waals surface area contributed by atoms with Crippen LogP contribution >= 0.6 is 0 Å². The number of carbonyl (C=O) groups excluding carboxylic acids is 2. The molecule has 0 fully saturated rings. The second-order valence-corrected chi connectivity index (χ2v) is 9.33. The van der Waals surface area contributed by atoms with E-state index in [0.717, 1.165) is 22.6 Å². The lowest BCUT2D eigenvalue weighted by Gasteiger charge is -2.11. The number of hydrogen-bond acceptors (Lipinski definition) is 9. The SMILES string of the molecule is C=C(C)C(=O)Oc1cccc(Cc2nc(Cc3cccc(OC(=O)C(=C)C)c3)nc(Nc3ccc(OC)cc3)n2)c1. The van der Waals surface area contributed by atoms with Crippen molar-refractivity contribution in [1.29, 1.82) is 0 Å². The second kappa shape index (κ2) is 13.2. The van der Waals surface area contributed by atoms with Crippen molar-refractivity contribution >= 4 is 23.6 Å². The summed E-state index contributed by atoms with van der Waals surface area (Å²) >= 11 is 0. The van der Waals surface area contributed by atoms with E-state index in [4.69, 9.17) is 19.2 Å². The van der Waals surface area contributed by atoms with Crippen molar-refractivity contribution in [2.75, 3.05) is 12.4 Å². The summed E-state index contributed by atoms with van der Waals surface area (Å²) < 4.78 is 16.0. The van der Waals surface area contributed by atoms with Crippen LogP contribution in [0.3, 0.4) is 0 Å². The van der Waals surface area contributed by atoms with Crippen molar-refractivity contribution in [3.8, 4) is 17.2 Å². The zero-order valence-corrected chi connectivity index (χ0v) is 23.1. The fourth-order valence-electron chi connectivity index (χ4n) is 3.68. The zero-order chi connectivity index (χ0) is 29.4. The predicted octanol–water partition coefficient (Wildman–Crippen LogP) is 5.77. The molecule has 0 atom stereocenters. The molecule has 9 heteroatoms. The standard InChI is InChI=1S/C32H30N4O5/c1-20(2)30(37)40-26-10-6-8-22(16-26)18-28-34-29(19-23-9-7-11-27(17-23)41-31(38)21(3)4)36-32(35-28)33-24-12-14-25(39-5)15-13-24/h6-17H,1,3,18-19H2,2,4-5H3,(H,33,34,35,36). The van der Waals surface area contributed by atoms with E-state index in [1.807, 2.05) is 36.4 Å². The number of methoxy groups -OCH3 is 1. The normalized spacial score (nSPS) is 10.4. The molecule has 0 bridgehead atoms. The smallest absolute Gasteiger partial charge is 0.338 e. The molecule has 0 aliphatic heterocycles. The molecule has 0 saturated carbocycles. The third-order valence-electron chi connectivity index (χ3n) is 5.71. The molecule has 0 aliphatic carbocycles. The van der Waals surface area contributed by atoms with Gasteiger partial charge in [-0.25, -0.2) is 14.6 Å². The Balaban J connectivity index is 1.62. The van der Waals surface area contributed by atoms with Gasteiger partial charge in [-0.2, -0.15) is 9.97 Å². The van der Waals surface area contributed by atoms with Crippen LogP contribution in [0.15, 0.2) is 97.1 Å². The fraction of sp³-hybridized carbons (Fsp3) is 0.156. The van der Waals surface area contributed by atoms with Gasteiger partial charge in [-0.1, -0.05) is 37.4 Å². The van der Waals surface area contributed by atoms with Crippen molar-refractivity contribution < 1.29 is 23.8 Å². The van der Waals surface area contributed by atoms with Crippen LogP contribution in [0.5, 0.6) is 17.2 Å². The molecule has 4 aromatic rings. The Morgan fingerprint density at radius 1 is 0.707 bits per heavy atom. The van der Waals surface area contributed by atoms with Crippen LogP contribution in [0.1, 0.15) is 36.6 Å². The first-order chi connectivity index (χ1) is 19.7. The monoisotopic (exact) mass is 550 g/mol. The van der Waals surface area contributed by atoms with Crippen LogP contribution in [0.2, 0.25) is 0 Å². The maximum absolute atomic E-state index is 12.0. The van der Waals surface area contributed by atoms with E-state index in [2.05, 4.69) is 28.4 Å². The number of anilines is 2. The van der Waals surface area contributed by atoms with Crippen molar-refractivity contribution in [3.05, 3.63) is 120 Å². The number of ether oxygens (including phenoxy) is 3. The Morgan fingerprint density at radius 2 is 1.20 bits per heavy atom. The molecule has 3 aromatic carbocycles. The summed E-state index contributed by atoms with van der Waals surface area (Å²) in [6, 6.07) is 21.7. The largest absolute Gasteiger partial charge is 0.497 e. The molecule has 4 rings (SSSR count). The van der Waals surface area contributed by atoms with Crippen molar-refractivity contribution in [2.24, 2.45) is 0 Å². The molecule has 0 unspecified atom stereocenters. The highest BCUT2D eigenvalue weighted by Crippen LogP contribution is 2.22. The van der Waals surface area contributed by atoms with Gasteiger partial charge in [-0.15, -0.1) is 0 Å².